The second-order valence-electron chi connectivity index (χ2n) is 5.04. The molecule has 3 nitrogen and oxygen atoms in total. The highest BCUT2D eigenvalue weighted by atomic mass is 16.1. The Hall–Kier alpha value is -0.570. The zero-order valence-corrected chi connectivity index (χ0v) is 9.59. The lowest BCUT2D eigenvalue weighted by Crippen LogP contribution is -2.49. The average molecular weight is 210 g/mol. The quantitative estimate of drug-likeness (QED) is 0.740. The van der Waals surface area contributed by atoms with Gasteiger partial charge >= 0.3 is 0 Å². The third kappa shape index (κ3) is 2.94. The first-order valence-corrected chi connectivity index (χ1v) is 6.28. The van der Waals surface area contributed by atoms with Crippen LogP contribution in [0.25, 0.3) is 0 Å². The SMILES string of the molecule is CC(NC1CCC(=O)NC1)C1CCCC1. The van der Waals surface area contributed by atoms with Crippen LogP contribution in [0, 0.1) is 5.92 Å². The molecule has 0 aromatic carbocycles. The van der Waals surface area contributed by atoms with Crippen molar-refractivity contribution in [3.05, 3.63) is 0 Å². The maximum Gasteiger partial charge on any atom is 0.220 e. The molecule has 2 N–H and O–H groups in total. The van der Waals surface area contributed by atoms with E-state index in [4.69, 9.17) is 0 Å². The number of hydrogen-bond acceptors (Lipinski definition) is 2. The molecule has 0 aromatic heterocycles. The van der Waals surface area contributed by atoms with Crippen molar-refractivity contribution in [3.8, 4) is 0 Å². The minimum absolute atomic E-state index is 0.210. The molecule has 2 unspecified atom stereocenters. The van der Waals surface area contributed by atoms with Gasteiger partial charge in [0, 0.05) is 25.0 Å². The largest absolute Gasteiger partial charge is 0.355 e. The number of amides is 1. The Kier molecular flexibility index (Phi) is 3.62. The van der Waals surface area contributed by atoms with Gasteiger partial charge in [0.05, 0.1) is 0 Å². The summed E-state index contributed by atoms with van der Waals surface area (Å²) in [6.07, 6.45) is 7.26. The zero-order chi connectivity index (χ0) is 10.7. The lowest BCUT2D eigenvalue weighted by Gasteiger charge is -2.29. The summed E-state index contributed by atoms with van der Waals surface area (Å²) in [6, 6.07) is 1.12. The Morgan fingerprint density at radius 2 is 2.07 bits per heavy atom. The number of piperidine rings is 1. The van der Waals surface area contributed by atoms with Gasteiger partial charge in [-0.1, -0.05) is 12.8 Å². The van der Waals surface area contributed by atoms with Crippen LogP contribution >= 0.6 is 0 Å². The standard InChI is InChI=1S/C12H22N2O/c1-9(10-4-2-3-5-10)14-11-6-7-12(15)13-8-11/h9-11,14H,2-8H2,1H3,(H,13,15). The van der Waals surface area contributed by atoms with Crippen molar-refractivity contribution < 1.29 is 4.79 Å². The summed E-state index contributed by atoms with van der Waals surface area (Å²) in [4.78, 5) is 11.0. The highest BCUT2D eigenvalue weighted by Crippen LogP contribution is 2.27. The molecule has 3 heteroatoms. The molecule has 2 fully saturated rings. The fraction of sp³-hybridized carbons (Fsp3) is 0.917. The molecule has 15 heavy (non-hydrogen) atoms. The molecule has 1 aliphatic carbocycles. The topological polar surface area (TPSA) is 41.1 Å². The summed E-state index contributed by atoms with van der Waals surface area (Å²) in [7, 11) is 0. The van der Waals surface area contributed by atoms with Crippen molar-refractivity contribution in [3.63, 3.8) is 0 Å². The maximum absolute atomic E-state index is 11.0. The van der Waals surface area contributed by atoms with E-state index < -0.39 is 0 Å². The fourth-order valence-corrected chi connectivity index (χ4v) is 2.84. The number of carbonyl (C=O) groups is 1. The van der Waals surface area contributed by atoms with Crippen LogP contribution in [0.4, 0.5) is 0 Å². The highest BCUT2D eigenvalue weighted by molar-refractivity contribution is 5.76. The van der Waals surface area contributed by atoms with Gasteiger partial charge in [-0.3, -0.25) is 4.79 Å². The van der Waals surface area contributed by atoms with Gasteiger partial charge in [-0.2, -0.15) is 0 Å². The van der Waals surface area contributed by atoms with Gasteiger partial charge in [-0.15, -0.1) is 0 Å². The van der Waals surface area contributed by atoms with E-state index in [1.54, 1.807) is 0 Å². The summed E-state index contributed by atoms with van der Waals surface area (Å²) in [5.74, 6) is 1.07. The molecule has 0 aromatic rings. The predicted molar refractivity (Wildman–Crippen MR) is 60.6 cm³/mol. The molecule has 0 bridgehead atoms. The Bertz CT molecular complexity index is 214. The van der Waals surface area contributed by atoms with E-state index >= 15 is 0 Å². The second-order valence-corrected chi connectivity index (χ2v) is 5.04. The summed E-state index contributed by atoms with van der Waals surface area (Å²) in [6.45, 7) is 3.11. The van der Waals surface area contributed by atoms with Crippen LogP contribution in [-0.2, 0) is 4.79 Å². The van der Waals surface area contributed by atoms with Gasteiger partial charge in [0.25, 0.3) is 0 Å². The van der Waals surface area contributed by atoms with E-state index in [1.165, 1.54) is 25.7 Å². The van der Waals surface area contributed by atoms with Crippen LogP contribution in [0.5, 0.6) is 0 Å². The van der Waals surface area contributed by atoms with Gasteiger partial charge in [-0.25, -0.2) is 0 Å². The Balaban J connectivity index is 1.73. The lowest BCUT2D eigenvalue weighted by atomic mass is 9.97. The van der Waals surface area contributed by atoms with Gasteiger partial charge in [-0.05, 0) is 32.1 Å². The number of rotatable bonds is 3. The number of nitrogens with one attached hydrogen (secondary N) is 2. The van der Waals surface area contributed by atoms with Gasteiger partial charge in [0.2, 0.25) is 5.91 Å². The van der Waals surface area contributed by atoms with Crippen LogP contribution in [0.2, 0.25) is 0 Å². The van der Waals surface area contributed by atoms with E-state index in [2.05, 4.69) is 17.6 Å². The molecule has 1 saturated carbocycles. The van der Waals surface area contributed by atoms with E-state index in [0.29, 0.717) is 18.5 Å². The fourth-order valence-electron chi connectivity index (χ4n) is 2.84. The third-order valence-corrected chi connectivity index (χ3v) is 3.87. The van der Waals surface area contributed by atoms with Crippen LogP contribution < -0.4 is 10.6 Å². The Morgan fingerprint density at radius 1 is 1.33 bits per heavy atom. The van der Waals surface area contributed by atoms with E-state index in [0.717, 1.165) is 18.9 Å². The molecule has 1 aliphatic heterocycles. The summed E-state index contributed by atoms with van der Waals surface area (Å²) >= 11 is 0. The minimum Gasteiger partial charge on any atom is -0.355 e. The Labute approximate surface area is 92.0 Å². The van der Waals surface area contributed by atoms with Crippen LogP contribution in [0.3, 0.4) is 0 Å². The molecule has 1 saturated heterocycles. The van der Waals surface area contributed by atoms with Crippen molar-refractivity contribution in [2.45, 2.75) is 57.5 Å². The van der Waals surface area contributed by atoms with Crippen molar-refractivity contribution >= 4 is 5.91 Å². The first-order chi connectivity index (χ1) is 7.25. The third-order valence-electron chi connectivity index (χ3n) is 3.87. The molecule has 2 atom stereocenters. The van der Waals surface area contributed by atoms with Gasteiger partial charge in [0.1, 0.15) is 0 Å². The zero-order valence-electron chi connectivity index (χ0n) is 9.59. The normalized spacial score (nSPS) is 30.2. The van der Waals surface area contributed by atoms with Crippen molar-refractivity contribution in [1.82, 2.24) is 10.6 Å². The average Bonchev–Trinajstić information content (AvgIpc) is 2.74. The Morgan fingerprint density at radius 3 is 2.67 bits per heavy atom. The molecule has 86 valence electrons. The number of hydrogen-bond donors (Lipinski definition) is 2. The van der Waals surface area contributed by atoms with Crippen LogP contribution in [0.1, 0.15) is 45.4 Å². The van der Waals surface area contributed by atoms with E-state index in [1.807, 2.05) is 0 Å². The van der Waals surface area contributed by atoms with Crippen molar-refractivity contribution in [1.29, 1.82) is 0 Å². The molecule has 2 rings (SSSR count). The van der Waals surface area contributed by atoms with Crippen LogP contribution in [-0.4, -0.2) is 24.5 Å². The first kappa shape index (κ1) is 10.9. The van der Waals surface area contributed by atoms with Crippen molar-refractivity contribution in [2.75, 3.05) is 6.54 Å². The summed E-state index contributed by atoms with van der Waals surface area (Å²) in [5, 5.41) is 6.59. The molecule has 0 radical (unpaired) electrons. The smallest absolute Gasteiger partial charge is 0.220 e. The van der Waals surface area contributed by atoms with Crippen LogP contribution in [0.15, 0.2) is 0 Å². The molecule has 1 amide bonds. The van der Waals surface area contributed by atoms with Crippen molar-refractivity contribution in [2.24, 2.45) is 5.92 Å². The first-order valence-electron chi connectivity index (χ1n) is 6.28. The second kappa shape index (κ2) is 4.97. The predicted octanol–water partition coefficient (Wildman–Crippen LogP) is 1.43. The van der Waals surface area contributed by atoms with E-state index in [9.17, 15) is 4.79 Å². The molecule has 2 aliphatic rings. The summed E-state index contributed by atoms with van der Waals surface area (Å²) in [5.41, 5.74) is 0. The van der Waals surface area contributed by atoms with Gasteiger partial charge < -0.3 is 10.6 Å². The summed E-state index contributed by atoms with van der Waals surface area (Å²) < 4.78 is 0. The lowest BCUT2D eigenvalue weighted by molar-refractivity contribution is -0.122. The minimum atomic E-state index is 0.210. The monoisotopic (exact) mass is 210 g/mol. The van der Waals surface area contributed by atoms with Gasteiger partial charge in [0.15, 0.2) is 0 Å². The highest BCUT2D eigenvalue weighted by Gasteiger charge is 2.25. The molecular weight excluding hydrogens is 188 g/mol. The van der Waals surface area contributed by atoms with E-state index in [-0.39, 0.29) is 5.91 Å². The molecular formula is C12H22N2O. The number of carbonyl (C=O) groups excluding carboxylic acids is 1. The molecule has 1 heterocycles. The maximum atomic E-state index is 11.0. The molecule has 0 spiro atoms.